The standard InChI is InChI=1S/C31H36N6O8/c1-2-21(13-14-33-30(32)43)34-28(41)24-15-20-10-6-9-19-11-12-22(29(42)37(24)26(19)20)35-27(40)23(16-25(38)39)36-31(44)45-17-18-7-4-3-5-8-18/h3-10,13-14,21-24H,2,11-12,15-17H2,1H3,(H,34,41)(H,35,40)(H,36,44)(H,38,39)(H3,32,33,43)/b14-13+/t21-,22-,23-,24-/m0/s1. The zero-order valence-corrected chi connectivity index (χ0v) is 24.7. The molecule has 0 fully saturated rings. The van der Waals surface area contributed by atoms with Gasteiger partial charge >= 0.3 is 18.1 Å². The first kappa shape index (κ1) is 32.5. The van der Waals surface area contributed by atoms with Crippen LogP contribution in [0.4, 0.5) is 15.3 Å². The molecule has 7 N–H and O–H groups in total. The van der Waals surface area contributed by atoms with Gasteiger partial charge in [-0.3, -0.25) is 24.1 Å². The summed E-state index contributed by atoms with van der Waals surface area (Å²) in [5.41, 5.74) is 8.03. The Morgan fingerprint density at radius 2 is 1.80 bits per heavy atom. The van der Waals surface area contributed by atoms with E-state index in [-0.39, 0.29) is 19.4 Å². The molecule has 14 nitrogen and oxygen atoms in total. The van der Waals surface area contributed by atoms with Crippen LogP contribution in [0, 0.1) is 0 Å². The maximum absolute atomic E-state index is 14.0. The first-order valence-corrected chi connectivity index (χ1v) is 14.5. The van der Waals surface area contributed by atoms with Crippen LogP contribution >= 0.6 is 0 Å². The molecule has 2 heterocycles. The average molecular weight is 621 g/mol. The molecule has 4 atom stereocenters. The molecule has 0 unspecified atom stereocenters. The van der Waals surface area contributed by atoms with Crippen LogP contribution in [0.5, 0.6) is 0 Å². The van der Waals surface area contributed by atoms with Gasteiger partial charge in [-0.2, -0.15) is 0 Å². The number of anilines is 1. The molecule has 2 aliphatic rings. The van der Waals surface area contributed by atoms with Crippen LogP contribution in [0.1, 0.15) is 42.9 Å². The summed E-state index contributed by atoms with van der Waals surface area (Å²) in [5.74, 6) is -3.19. The summed E-state index contributed by atoms with van der Waals surface area (Å²) in [4.78, 5) is 77.2. The smallest absolute Gasteiger partial charge is 0.408 e. The number of carbonyl (C=O) groups is 6. The number of benzene rings is 2. The minimum absolute atomic E-state index is 0.0927. The number of nitrogens with zero attached hydrogens (tertiary/aromatic N) is 1. The van der Waals surface area contributed by atoms with Crippen LogP contribution in [-0.4, -0.2) is 65.1 Å². The highest BCUT2D eigenvalue weighted by Crippen LogP contribution is 2.39. The van der Waals surface area contributed by atoms with Crippen molar-refractivity contribution in [2.45, 2.75) is 69.8 Å². The van der Waals surface area contributed by atoms with Crippen molar-refractivity contribution in [3.63, 3.8) is 0 Å². The average Bonchev–Trinajstić information content (AvgIpc) is 3.35. The van der Waals surface area contributed by atoms with E-state index in [1.165, 1.54) is 11.1 Å². The number of primary amides is 1. The van der Waals surface area contributed by atoms with Gasteiger partial charge in [0, 0.05) is 18.7 Å². The van der Waals surface area contributed by atoms with Gasteiger partial charge in [-0.05, 0) is 42.0 Å². The normalized spacial score (nSPS) is 18.2. The maximum Gasteiger partial charge on any atom is 0.408 e. The second-order valence-electron chi connectivity index (χ2n) is 10.7. The fourth-order valence-electron chi connectivity index (χ4n) is 5.35. The number of carbonyl (C=O) groups excluding carboxylic acids is 5. The Labute approximate surface area is 259 Å². The Bertz CT molecular complexity index is 1480. The van der Waals surface area contributed by atoms with E-state index in [0.717, 1.165) is 11.1 Å². The minimum atomic E-state index is -1.52. The summed E-state index contributed by atoms with van der Waals surface area (Å²) in [6.45, 7) is 1.74. The Morgan fingerprint density at radius 3 is 2.49 bits per heavy atom. The van der Waals surface area contributed by atoms with Crippen molar-refractivity contribution in [1.82, 2.24) is 21.3 Å². The molecule has 238 valence electrons. The lowest BCUT2D eigenvalue weighted by Crippen LogP contribution is -2.57. The molecule has 0 saturated carbocycles. The molecular weight excluding hydrogens is 584 g/mol. The lowest BCUT2D eigenvalue weighted by molar-refractivity contribution is -0.140. The highest BCUT2D eigenvalue weighted by molar-refractivity contribution is 6.08. The predicted molar refractivity (Wildman–Crippen MR) is 162 cm³/mol. The predicted octanol–water partition coefficient (Wildman–Crippen LogP) is 1.22. The molecule has 6 amide bonds. The zero-order chi connectivity index (χ0) is 32.5. The molecule has 2 aromatic carbocycles. The number of alkyl carbamates (subject to hydrolysis) is 1. The molecule has 0 aromatic heterocycles. The van der Waals surface area contributed by atoms with E-state index in [2.05, 4.69) is 21.3 Å². The Kier molecular flexibility index (Phi) is 10.7. The van der Waals surface area contributed by atoms with Crippen molar-refractivity contribution in [3.05, 3.63) is 77.5 Å². The Balaban J connectivity index is 1.48. The third kappa shape index (κ3) is 8.37. The molecule has 0 aliphatic carbocycles. The second-order valence-corrected chi connectivity index (χ2v) is 10.7. The first-order chi connectivity index (χ1) is 21.6. The van der Waals surface area contributed by atoms with Crippen molar-refractivity contribution in [3.8, 4) is 0 Å². The third-order valence-electron chi connectivity index (χ3n) is 7.55. The van der Waals surface area contributed by atoms with E-state index >= 15 is 0 Å². The minimum Gasteiger partial charge on any atom is -0.481 e. The van der Waals surface area contributed by atoms with Gasteiger partial charge in [0.05, 0.1) is 12.1 Å². The number of nitrogens with two attached hydrogens (primary N) is 1. The monoisotopic (exact) mass is 620 g/mol. The van der Waals surface area contributed by atoms with E-state index in [0.29, 0.717) is 24.1 Å². The van der Waals surface area contributed by atoms with Crippen molar-refractivity contribution in [1.29, 1.82) is 0 Å². The quantitative estimate of drug-likeness (QED) is 0.203. The summed E-state index contributed by atoms with van der Waals surface area (Å²) in [5, 5.41) is 19.5. The molecule has 45 heavy (non-hydrogen) atoms. The van der Waals surface area contributed by atoms with Crippen LogP contribution in [0.3, 0.4) is 0 Å². The van der Waals surface area contributed by atoms with E-state index < -0.39 is 66.4 Å². The molecular formula is C31H36N6O8. The number of aliphatic carboxylic acids is 1. The maximum atomic E-state index is 14.0. The van der Waals surface area contributed by atoms with E-state index in [9.17, 15) is 33.9 Å². The Morgan fingerprint density at radius 1 is 1.07 bits per heavy atom. The fourth-order valence-corrected chi connectivity index (χ4v) is 5.35. The van der Waals surface area contributed by atoms with Crippen LogP contribution in [0.2, 0.25) is 0 Å². The van der Waals surface area contributed by atoms with Gasteiger partial charge in [0.15, 0.2) is 0 Å². The van der Waals surface area contributed by atoms with Crippen LogP contribution in [-0.2, 0) is 43.4 Å². The molecule has 0 spiro atoms. The second kappa shape index (κ2) is 14.9. The summed E-state index contributed by atoms with van der Waals surface area (Å²) < 4.78 is 5.15. The molecule has 0 saturated heterocycles. The molecule has 14 heteroatoms. The summed E-state index contributed by atoms with van der Waals surface area (Å²) in [7, 11) is 0. The van der Waals surface area contributed by atoms with Gasteiger partial charge in [-0.25, -0.2) is 9.59 Å². The first-order valence-electron chi connectivity index (χ1n) is 14.5. The lowest BCUT2D eigenvalue weighted by atomic mass is 10.0. The number of urea groups is 1. The summed E-state index contributed by atoms with van der Waals surface area (Å²) in [6, 6.07) is 9.58. The fraction of sp³-hybridized carbons (Fsp3) is 0.355. The number of hydrogen-bond donors (Lipinski definition) is 6. The largest absolute Gasteiger partial charge is 0.481 e. The summed E-state index contributed by atoms with van der Waals surface area (Å²) >= 11 is 0. The van der Waals surface area contributed by atoms with Crippen molar-refractivity contribution in [2.24, 2.45) is 5.73 Å². The van der Waals surface area contributed by atoms with Gasteiger partial charge in [0.1, 0.15) is 24.7 Å². The molecule has 2 aromatic rings. The van der Waals surface area contributed by atoms with Gasteiger partial charge in [0.2, 0.25) is 17.7 Å². The number of ether oxygens (including phenoxy) is 1. The highest BCUT2D eigenvalue weighted by Gasteiger charge is 2.44. The molecule has 2 aliphatic heterocycles. The number of amides is 6. The molecule has 0 radical (unpaired) electrons. The number of nitrogens with one attached hydrogen (secondary N) is 4. The Hall–Kier alpha value is -5.40. The van der Waals surface area contributed by atoms with Gasteiger partial charge in [-0.15, -0.1) is 0 Å². The third-order valence-corrected chi connectivity index (χ3v) is 7.55. The van der Waals surface area contributed by atoms with E-state index in [4.69, 9.17) is 10.5 Å². The number of carboxylic acid groups (broad SMARTS) is 1. The van der Waals surface area contributed by atoms with E-state index in [1.807, 2.05) is 25.1 Å². The SMILES string of the molecule is CC[C@@H](/C=C/NC(N)=O)NC(=O)[C@@H]1Cc2cccc3c2N1C(=O)[C@@H](NC(=O)[C@H](CC(=O)O)NC(=O)OCc1ccccc1)CC3. The number of para-hydroxylation sites is 1. The van der Waals surface area contributed by atoms with Crippen molar-refractivity contribution >= 4 is 41.5 Å². The van der Waals surface area contributed by atoms with Gasteiger partial charge < -0.3 is 36.8 Å². The van der Waals surface area contributed by atoms with Crippen LogP contribution in [0.15, 0.2) is 60.8 Å². The highest BCUT2D eigenvalue weighted by atomic mass is 16.5. The van der Waals surface area contributed by atoms with Gasteiger partial charge in [-0.1, -0.05) is 55.5 Å². The topological polar surface area (TPSA) is 209 Å². The zero-order valence-electron chi connectivity index (χ0n) is 24.7. The van der Waals surface area contributed by atoms with Crippen LogP contribution in [0.25, 0.3) is 0 Å². The molecule has 4 rings (SSSR count). The number of rotatable bonds is 12. The van der Waals surface area contributed by atoms with Crippen LogP contribution < -0.4 is 31.9 Å². The molecule has 0 bridgehead atoms. The van der Waals surface area contributed by atoms with Gasteiger partial charge in [0.25, 0.3) is 0 Å². The number of carboxylic acids is 1. The van der Waals surface area contributed by atoms with Crippen molar-refractivity contribution in [2.75, 3.05) is 4.90 Å². The lowest BCUT2D eigenvalue weighted by Gasteiger charge is -2.29. The number of aryl methyl sites for hydroxylation is 1. The van der Waals surface area contributed by atoms with Crippen molar-refractivity contribution < 1.29 is 38.6 Å². The van der Waals surface area contributed by atoms with E-state index in [1.54, 1.807) is 36.4 Å². The summed E-state index contributed by atoms with van der Waals surface area (Å²) in [6.07, 6.45) is 2.49. The number of hydrogen-bond acceptors (Lipinski definition) is 7.